The SMILES string of the molecule is CC(C)(C)C1CCC2CC3C4[N-]C(NC5NC(NC6[N-]C(NC7NC(N4)C4CC8CC(C(C)(C)C)CCC8CC74)C4CC7CC(C(C)(C)C)CCC7CC64)C4CC6CC(C(C)(C)C)CCC6CC54)C3CC2C1.[O]=[V+2]. The van der Waals surface area contributed by atoms with E-state index in [0.717, 1.165) is 88.4 Å². The van der Waals surface area contributed by atoms with Gasteiger partial charge in [-0.05, 0) is 268 Å². The Morgan fingerprint density at radius 1 is 0.270 bits per heavy atom. The van der Waals surface area contributed by atoms with Crippen molar-refractivity contribution in [1.29, 1.82) is 0 Å². The standard InChI is InChI=1S/C64H110N8.O.V/c1-61(2,3)41-17-13-33-25-45-49(29-37(33)21-41)57-65-53(45)70-58-51-31-39-23-43(63(7,8)9)19-15-35(39)27-47(51)55(67-58)72-60-52-32-40-24-44(64(10,11)12)20-16-36(40)28-48(52)56(68-60)71-59-50-30-38-22-42(62(4,5)6)18-14-34(38)26-46(50)54(66-59)69-57;;/h33-60,65,68-72H,13-32H2,1-12H3;;/q-2;;+2. The fourth-order valence-electron chi connectivity index (χ4n) is 21.8. The van der Waals surface area contributed by atoms with E-state index in [0.29, 0.717) is 93.7 Å². The van der Waals surface area contributed by atoms with E-state index in [2.05, 4.69) is 115 Å². The van der Waals surface area contributed by atoms with Crippen molar-refractivity contribution in [2.24, 2.45) is 140 Å². The molecule has 9 nitrogen and oxygen atoms in total. The molecule has 8 bridgehead atoms. The van der Waals surface area contributed by atoms with E-state index in [4.69, 9.17) is 14.3 Å². The Morgan fingerprint density at radius 3 is 0.703 bits per heavy atom. The third kappa shape index (κ3) is 10.3. The third-order valence-corrected chi connectivity index (χ3v) is 26.4. The molecule has 13 aliphatic rings. The van der Waals surface area contributed by atoms with Crippen molar-refractivity contribution >= 4 is 0 Å². The Morgan fingerprint density at radius 2 is 0.473 bits per heavy atom. The number of nitrogens with zero attached hydrogens (tertiary/aromatic N) is 2. The second-order valence-corrected chi connectivity index (χ2v) is 33.8. The van der Waals surface area contributed by atoms with Crippen LogP contribution in [0.5, 0.6) is 0 Å². The minimum atomic E-state index is 0.221. The fourth-order valence-corrected chi connectivity index (χ4v) is 21.8. The van der Waals surface area contributed by atoms with Gasteiger partial charge in [0, 0.05) is 0 Å². The Bertz CT molecular complexity index is 1690. The van der Waals surface area contributed by atoms with Gasteiger partial charge in [-0.1, -0.05) is 108 Å². The summed E-state index contributed by atoms with van der Waals surface area (Å²) >= 11 is 1.06. The molecule has 5 saturated heterocycles. The van der Waals surface area contributed by atoms with Gasteiger partial charge in [-0.3, -0.25) is 10.6 Å². The molecular weight excluding hydrogens is 948 g/mol. The van der Waals surface area contributed by atoms with Gasteiger partial charge in [0.15, 0.2) is 0 Å². The van der Waals surface area contributed by atoms with E-state index in [1.807, 2.05) is 0 Å². The molecule has 10 heteroatoms. The number of hydrogen-bond acceptors (Lipinski definition) is 7. The average Bonchev–Trinajstić information content (AvgIpc) is 4.07. The molecule has 5 heterocycles. The Kier molecular flexibility index (Phi) is 15.1. The third-order valence-electron chi connectivity index (χ3n) is 26.4. The first-order valence-electron chi connectivity index (χ1n) is 32.2. The van der Waals surface area contributed by atoms with Crippen LogP contribution < -0.4 is 31.9 Å². The molecule has 0 radical (unpaired) electrons. The van der Waals surface area contributed by atoms with Crippen LogP contribution in [0, 0.1) is 140 Å². The second-order valence-electron chi connectivity index (χ2n) is 33.8. The number of rotatable bonds is 0. The zero-order valence-electron chi connectivity index (χ0n) is 49.1. The second kappa shape index (κ2) is 20.5. The molecule has 8 saturated carbocycles. The molecule has 0 aromatic heterocycles. The van der Waals surface area contributed by atoms with Gasteiger partial charge in [0.1, 0.15) is 0 Å². The number of fused-ring (bicyclic) bond motifs is 24. The van der Waals surface area contributed by atoms with Crippen LogP contribution in [0.3, 0.4) is 0 Å². The summed E-state index contributed by atoms with van der Waals surface area (Å²) in [5, 5.41) is 39.6. The molecule has 0 spiro atoms. The summed E-state index contributed by atoms with van der Waals surface area (Å²) < 4.78 is 8.19. The van der Waals surface area contributed by atoms with Gasteiger partial charge in [-0.25, -0.2) is 0 Å². The van der Waals surface area contributed by atoms with Crippen molar-refractivity contribution in [2.45, 2.75) is 261 Å². The van der Waals surface area contributed by atoms with Crippen LogP contribution in [0.25, 0.3) is 10.6 Å². The van der Waals surface area contributed by atoms with E-state index in [1.54, 1.807) is 0 Å². The van der Waals surface area contributed by atoms with Crippen LogP contribution in [-0.2, 0) is 21.0 Å². The van der Waals surface area contributed by atoms with Crippen LogP contribution in [0.2, 0.25) is 0 Å². The van der Waals surface area contributed by atoms with Crippen molar-refractivity contribution in [2.75, 3.05) is 0 Å². The molecule has 28 atom stereocenters. The molecule has 417 valence electrons. The van der Waals surface area contributed by atoms with Gasteiger partial charge < -0.3 is 31.9 Å². The van der Waals surface area contributed by atoms with Crippen molar-refractivity contribution < 1.29 is 21.0 Å². The summed E-state index contributed by atoms with van der Waals surface area (Å²) in [4.78, 5) is 0. The molecule has 6 N–H and O–H groups in total. The van der Waals surface area contributed by atoms with Crippen molar-refractivity contribution in [3.63, 3.8) is 0 Å². The van der Waals surface area contributed by atoms with Gasteiger partial charge in [-0.15, -0.1) is 0 Å². The van der Waals surface area contributed by atoms with Crippen LogP contribution in [0.4, 0.5) is 0 Å². The van der Waals surface area contributed by atoms with Crippen LogP contribution >= 0.6 is 0 Å². The molecular formula is C64H110N8OV. The molecule has 28 unspecified atom stereocenters. The number of hydrogen-bond donors (Lipinski definition) is 6. The topological polar surface area (TPSA) is 117 Å². The molecule has 8 aliphatic carbocycles. The van der Waals surface area contributed by atoms with Crippen molar-refractivity contribution in [3.8, 4) is 0 Å². The maximum absolute atomic E-state index is 8.19. The van der Waals surface area contributed by atoms with Crippen molar-refractivity contribution in [3.05, 3.63) is 10.6 Å². The van der Waals surface area contributed by atoms with E-state index in [9.17, 15) is 0 Å². The molecule has 0 amide bonds. The van der Waals surface area contributed by atoms with Crippen LogP contribution in [0.15, 0.2) is 0 Å². The van der Waals surface area contributed by atoms with Gasteiger partial charge >= 0.3 is 21.0 Å². The predicted octanol–water partition coefficient (Wildman–Crippen LogP) is 13.2. The monoisotopic (exact) mass is 1060 g/mol. The fraction of sp³-hybridized carbons (Fsp3) is 1.00. The summed E-state index contributed by atoms with van der Waals surface area (Å²) in [5.74, 6) is 15.4. The van der Waals surface area contributed by atoms with E-state index < -0.39 is 0 Å². The van der Waals surface area contributed by atoms with Gasteiger partial charge in [0.25, 0.3) is 0 Å². The zero-order chi connectivity index (χ0) is 52.0. The molecule has 13 fully saturated rings. The zero-order valence-corrected chi connectivity index (χ0v) is 50.5. The Hall–Kier alpha value is 0.0644. The minimum absolute atomic E-state index is 0.221. The van der Waals surface area contributed by atoms with Crippen LogP contribution in [-0.4, -0.2) is 49.3 Å². The Labute approximate surface area is 462 Å². The van der Waals surface area contributed by atoms with Gasteiger partial charge in [-0.2, -0.15) is 0 Å². The summed E-state index contributed by atoms with van der Waals surface area (Å²) in [5.41, 5.74) is 1.61. The van der Waals surface area contributed by atoms with E-state index in [-0.39, 0.29) is 24.7 Å². The summed E-state index contributed by atoms with van der Waals surface area (Å²) in [6, 6.07) is 0. The number of nitrogens with one attached hydrogen (secondary N) is 6. The summed E-state index contributed by atoms with van der Waals surface area (Å²) in [6.07, 6.45) is 30.4. The normalized spacial score (nSPS) is 53.1. The molecule has 5 aliphatic heterocycles. The first kappa shape index (κ1) is 54.6. The van der Waals surface area contributed by atoms with Crippen molar-refractivity contribution in [1.82, 2.24) is 31.9 Å². The summed E-state index contributed by atoms with van der Waals surface area (Å²) in [6.45, 7) is 30.4. The molecule has 0 aromatic carbocycles. The van der Waals surface area contributed by atoms with E-state index >= 15 is 0 Å². The first-order valence-corrected chi connectivity index (χ1v) is 32.8. The maximum atomic E-state index is 8.19. The first-order chi connectivity index (χ1) is 35.1. The predicted molar refractivity (Wildman–Crippen MR) is 296 cm³/mol. The summed E-state index contributed by atoms with van der Waals surface area (Å²) in [7, 11) is 0. The van der Waals surface area contributed by atoms with Crippen LogP contribution in [0.1, 0.15) is 212 Å². The molecule has 13 rings (SSSR count). The van der Waals surface area contributed by atoms with E-state index in [1.165, 1.54) is 128 Å². The molecule has 0 aromatic rings. The van der Waals surface area contributed by atoms with Gasteiger partial charge in [0.2, 0.25) is 0 Å². The molecule has 74 heavy (non-hydrogen) atoms. The average molecular weight is 1060 g/mol. The Balaban J connectivity index is 0.00000275. The van der Waals surface area contributed by atoms with Gasteiger partial charge in [0.05, 0.1) is 24.7 Å². The quantitative estimate of drug-likeness (QED) is 0.143.